The van der Waals surface area contributed by atoms with Gasteiger partial charge in [0.15, 0.2) is 9.84 Å². The molecule has 2 rings (SSSR count). The van der Waals surface area contributed by atoms with Gasteiger partial charge in [-0.05, 0) is 30.9 Å². The fraction of sp³-hybridized carbons (Fsp3) is 0.500. The van der Waals surface area contributed by atoms with Crippen molar-refractivity contribution < 1.29 is 18.0 Å². The quantitative estimate of drug-likeness (QED) is 0.789. The molecule has 0 radical (unpaired) electrons. The lowest BCUT2D eigenvalue weighted by Crippen LogP contribution is -2.37. The van der Waals surface area contributed by atoms with Gasteiger partial charge in [-0.3, -0.25) is 9.59 Å². The number of hydrogen-bond donors (Lipinski definition) is 2. The molecule has 1 unspecified atom stereocenters. The Morgan fingerprint density at radius 3 is 2.61 bits per heavy atom. The summed E-state index contributed by atoms with van der Waals surface area (Å²) >= 11 is 0. The van der Waals surface area contributed by atoms with Crippen LogP contribution in [0, 0.1) is 6.92 Å². The smallest absolute Gasteiger partial charge is 0.233 e. The van der Waals surface area contributed by atoms with Crippen LogP contribution < -0.4 is 10.6 Å². The topological polar surface area (TPSA) is 92.3 Å². The first kappa shape index (κ1) is 17.5. The minimum atomic E-state index is -3.05. The molecule has 0 bridgehead atoms. The van der Waals surface area contributed by atoms with E-state index in [0.29, 0.717) is 6.42 Å². The van der Waals surface area contributed by atoms with E-state index in [4.69, 9.17) is 0 Å². The van der Waals surface area contributed by atoms with Gasteiger partial charge in [0.2, 0.25) is 11.8 Å². The van der Waals surface area contributed by atoms with E-state index < -0.39 is 21.7 Å². The van der Waals surface area contributed by atoms with Crippen molar-refractivity contribution in [1.29, 1.82) is 0 Å². The highest BCUT2D eigenvalue weighted by Gasteiger charge is 2.29. The van der Waals surface area contributed by atoms with E-state index in [0.717, 1.165) is 23.2 Å². The molecule has 6 nitrogen and oxygen atoms in total. The van der Waals surface area contributed by atoms with Crippen LogP contribution in [0.5, 0.6) is 0 Å². The van der Waals surface area contributed by atoms with Gasteiger partial charge in [-0.2, -0.15) is 0 Å². The van der Waals surface area contributed by atoms with E-state index in [-0.39, 0.29) is 24.0 Å². The Morgan fingerprint density at radius 2 is 2.00 bits per heavy atom. The number of carbonyl (C=O) groups is 2. The van der Waals surface area contributed by atoms with Crippen LogP contribution in [0.4, 0.5) is 5.69 Å². The highest BCUT2D eigenvalue weighted by Crippen LogP contribution is 2.21. The molecule has 7 heteroatoms. The van der Waals surface area contributed by atoms with E-state index in [2.05, 4.69) is 10.6 Å². The first-order valence-electron chi connectivity index (χ1n) is 7.69. The molecule has 0 aliphatic carbocycles. The predicted octanol–water partition coefficient (Wildman–Crippen LogP) is 1.19. The van der Waals surface area contributed by atoms with Crippen LogP contribution >= 0.6 is 0 Å². The average molecular weight is 338 g/mol. The number of carbonyl (C=O) groups excluding carboxylic acids is 2. The van der Waals surface area contributed by atoms with Crippen molar-refractivity contribution in [2.24, 2.45) is 0 Å². The molecule has 1 aliphatic rings. The summed E-state index contributed by atoms with van der Waals surface area (Å²) in [5.74, 6) is -0.797. The third kappa shape index (κ3) is 4.79. The molecule has 2 amide bonds. The fourth-order valence-electron chi connectivity index (χ4n) is 2.72. The molecule has 1 aliphatic heterocycles. The molecule has 23 heavy (non-hydrogen) atoms. The average Bonchev–Trinajstić information content (AvgIpc) is 2.79. The van der Waals surface area contributed by atoms with Crippen LogP contribution in [0.3, 0.4) is 0 Å². The van der Waals surface area contributed by atoms with Crippen molar-refractivity contribution in [2.45, 2.75) is 39.2 Å². The lowest BCUT2D eigenvalue weighted by Gasteiger charge is -2.14. The number of amides is 2. The van der Waals surface area contributed by atoms with Crippen LogP contribution in [0.15, 0.2) is 18.2 Å². The summed E-state index contributed by atoms with van der Waals surface area (Å²) < 4.78 is 22.7. The molecule has 0 aromatic heterocycles. The first-order valence-corrected chi connectivity index (χ1v) is 9.51. The molecule has 1 heterocycles. The zero-order valence-electron chi connectivity index (χ0n) is 13.4. The van der Waals surface area contributed by atoms with Crippen LogP contribution in [-0.2, 0) is 25.8 Å². The second-order valence-corrected chi connectivity index (χ2v) is 8.08. The zero-order valence-corrected chi connectivity index (χ0v) is 14.2. The van der Waals surface area contributed by atoms with Crippen molar-refractivity contribution in [1.82, 2.24) is 5.32 Å². The third-order valence-electron chi connectivity index (χ3n) is 3.92. The number of para-hydroxylation sites is 1. The number of anilines is 1. The first-order chi connectivity index (χ1) is 10.8. The van der Waals surface area contributed by atoms with E-state index in [1.807, 2.05) is 32.0 Å². The Kier molecular flexibility index (Phi) is 5.41. The molecule has 0 spiro atoms. The van der Waals surface area contributed by atoms with Gasteiger partial charge in [0.05, 0.1) is 11.5 Å². The van der Waals surface area contributed by atoms with Gasteiger partial charge in [0.25, 0.3) is 0 Å². The van der Waals surface area contributed by atoms with Crippen molar-refractivity contribution in [3.8, 4) is 0 Å². The predicted molar refractivity (Wildman–Crippen MR) is 89.0 cm³/mol. The monoisotopic (exact) mass is 338 g/mol. The maximum absolute atomic E-state index is 12.1. The maximum atomic E-state index is 12.1. The number of sulfone groups is 1. The third-order valence-corrected chi connectivity index (χ3v) is 5.69. The summed E-state index contributed by atoms with van der Waals surface area (Å²) in [7, 11) is -3.05. The number of hydrogen-bond acceptors (Lipinski definition) is 4. The Hall–Kier alpha value is -1.89. The van der Waals surface area contributed by atoms with Gasteiger partial charge in [-0.1, -0.05) is 25.1 Å². The van der Waals surface area contributed by atoms with Gasteiger partial charge in [0, 0.05) is 11.7 Å². The maximum Gasteiger partial charge on any atom is 0.233 e. The molecule has 1 fully saturated rings. The molecule has 1 aromatic carbocycles. The van der Waals surface area contributed by atoms with Gasteiger partial charge in [0.1, 0.15) is 6.42 Å². The van der Waals surface area contributed by atoms with Crippen LogP contribution in [0.1, 0.15) is 30.9 Å². The van der Waals surface area contributed by atoms with Crippen molar-refractivity contribution in [3.63, 3.8) is 0 Å². The van der Waals surface area contributed by atoms with Crippen molar-refractivity contribution in [3.05, 3.63) is 29.3 Å². The molecule has 1 aromatic rings. The normalized spacial score (nSPS) is 19.3. The van der Waals surface area contributed by atoms with Crippen LogP contribution in [0.2, 0.25) is 0 Å². The Balaban J connectivity index is 1.91. The number of nitrogens with one attached hydrogen (secondary N) is 2. The minimum Gasteiger partial charge on any atom is -0.352 e. The minimum absolute atomic E-state index is 0.0435. The molecule has 1 atom stereocenters. The van der Waals surface area contributed by atoms with Crippen molar-refractivity contribution in [2.75, 3.05) is 16.8 Å². The van der Waals surface area contributed by atoms with E-state index >= 15 is 0 Å². The number of aryl methyl sites for hydroxylation is 2. The van der Waals surface area contributed by atoms with Crippen molar-refractivity contribution >= 4 is 27.3 Å². The molecular weight excluding hydrogens is 316 g/mol. The van der Waals surface area contributed by atoms with E-state index in [1.54, 1.807) is 0 Å². The highest BCUT2D eigenvalue weighted by molar-refractivity contribution is 7.91. The number of rotatable bonds is 5. The molecular formula is C16H22N2O4S. The molecule has 2 N–H and O–H groups in total. The molecule has 126 valence electrons. The van der Waals surface area contributed by atoms with Gasteiger partial charge in [-0.15, -0.1) is 0 Å². The Labute approximate surface area is 136 Å². The Morgan fingerprint density at radius 1 is 1.26 bits per heavy atom. The summed E-state index contributed by atoms with van der Waals surface area (Å²) in [5, 5.41) is 5.40. The molecule has 1 saturated heterocycles. The fourth-order valence-corrected chi connectivity index (χ4v) is 4.39. The molecule has 0 saturated carbocycles. The van der Waals surface area contributed by atoms with Crippen LogP contribution in [0.25, 0.3) is 0 Å². The zero-order chi connectivity index (χ0) is 17.0. The standard InChI is InChI=1S/C16H22N2O4S/c1-3-12-6-4-5-11(2)16(12)18-15(20)9-14(19)17-13-7-8-23(21,22)10-13/h4-6,13H,3,7-10H2,1-2H3,(H,17,19)(H,18,20). The van der Waals surface area contributed by atoms with E-state index in [1.165, 1.54) is 0 Å². The second kappa shape index (κ2) is 7.12. The second-order valence-electron chi connectivity index (χ2n) is 5.86. The highest BCUT2D eigenvalue weighted by atomic mass is 32.2. The lowest BCUT2D eigenvalue weighted by atomic mass is 10.1. The summed E-state index contributed by atoms with van der Waals surface area (Å²) in [6.07, 6.45) is 0.880. The Bertz CT molecular complexity index is 713. The number of benzene rings is 1. The van der Waals surface area contributed by atoms with Gasteiger partial charge in [-0.25, -0.2) is 8.42 Å². The summed E-state index contributed by atoms with van der Waals surface area (Å²) in [4.78, 5) is 23.9. The largest absolute Gasteiger partial charge is 0.352 e. The van der Waals surface area contributed by atoms with E-state index in [9.17, 15) is 18.0 Å². The van der Waals surface area contributed by atoms with Gasteiger partial charge < -0.3 is 10.6 Å². The SMILES string of the molecule is CCc1cccc(C)c1NC(=O)CC(=O)NC1CCS(=O)(=O)C1. The van der Waals surface area contributed by atoms with Crippen LogP contribution in [-0.4, -0.2) is 37.8 Å². The lowest BCUT2D eigenvalue weighted by molar-refractivity contribution is -0.127. The summed E-state index contributed by atoms with van der Waals surface area (Å²) in [6, 6.07) is 5.38. The summed E-state index contributed by atoms with van der Waals surface area (Å²) in [5.41, 5.74) is 2.71. The summed E-state index contributed by atoms with van der Waals surface area (Å²) in [6.45, 7) is 3.90. The van der Waals surface area contributed by atoms with Gasteiger partial charge >= 0.3 is 0 Å².